The van der Waals surface area contributed by atoms with E-state index in [0.29, 0.717) is 16.6 Å². The van der Waals surface area contributed by atoms with Crippen LogP contribution in [-0.2, 0) is 6.18 Å². The van der Waals surface area contributed by atoms with Gasteiger partial charge in [-0.05, 0) is 30.7 Å². The molecule has 0 aromatic carbocycles. The summed E-state index contributed by atoms with van der Waals surface area (Å²) in [5, 5.41) is 3.01. The summed E-state index contributed by atoms with van der Waals surface area (Å²) in [5.41, 5.74) is -0.944. The Balaban J connectivity index is 2.46. The molecule has 24 heavy (non-hydrogen) atoms. The predicted octanol–water partition coefficient (Wildman–Crippen LogP) is 2.54. The Hall–Kier alpha value is -2.97. The van der Waals surface area contributed by atoms with Crippen LogP contribution in [0.2, 0.25) is 0 Å². The molecular formula is C15H12F3N5O. The van der Waals surface area contributed by atoms with Crippen molar-refractivity contribution in [3.8, 4) is 5.69 Å². The van der Waals surface area contributed by atoms with E-state index in [0.717, 1.165) is 10.6 Å². The topological polar surface area (TPSA) is 72.7 Å². The number of anilines is 1. The zero-order chi connectivity index (χ0) is 17.5. The molecule has 124 valence electrons. The predicted molar refractivity (Wildman–Crippen MR) is 82.2 cm³/mol. The van der Waals surface area contributed by atoms with Crippen LogP contribution in [0.3, 0.4) is 0 Å². The average Bonchev–Trinajstić information content (AvgIpc) is 2.54. The van der Waals surface area contributed by atoms with E-state index < -0.39 is 17.6 Å². The van der Waals surface area contributed by atoms with Crippen molar-refractivity contribution in [3.05, 3.63) is 52.3 Å². The quantitative estimate of drug-likeness (QED) is 0.779. The summed E-state index contributed by atoms with van der Waals surface area (Å²) in [4.78, 5) is 23.9. The van der Waals surface area contributed by atoms with E-state index >= 15 is 0 Å². The summed E-state index contributed by atoms with van der Waals surface area (Å²) in [6.45, 7) is 1.69. The van der Waals surface area contributed by atoms with Gasteiger partial charge in [0.05, 0.1) is 11.1 Å². The molecule has 3 heterocycles. The van der Waals surface area contributed by atoms with E-state index in [1.165, 1.54) is 31.6 Å². The second-order valence-electron chi connectivity index (χ2n) is 5.06. The smallest absolute Gasteiger partial charge is 0.372 e. The third-order valence-corrected chi connectivity index (χ3v) is 3.50. The van der Waals surface area contributed by atoms with Gasteiger partial charge in [0.2, 0.25) is 0 Å². The summed E-state index contributed by atoms with van der Waals surface area (Å²) in [5.74, 6) is 0.166. The fourth-order valence-corrected chi connectivity index (χ4v) is 2.38. The molecule has 0 saturated heterocycles. The van der Waals surface area contributed by atoms with Gasteiger partial charge in [-0.2, -0.15) is 18.2 Å². The van der Waals surface area contributed by atoms with Gasteiger partial charge in [-0.3, -0.25) is 4.98 Å². The van der Waals surface area contributed by atoms with E-state index in [1.807, 2.05) is 0 Å². The van der Waals surface area contributed by atoms with Crippen LogP contribution in [0, 0.1) is 6.92 Å². The van der Waals surface area contributed by atoms with Gasteiger partial charge in [0.15, 0.2) is 5.65 Å². The Kier molecular flexibility index (Phi) is 3.70. The minimum absolute atomic E-state index is 0.122. The molecule has 0 atom stereocenters. The molecule has 3 rings (SSSR count). The summed E-state index contributed by atoms with van der Waals surface area (Å²) >= 11 is 0. The van der Waals surface area contributed by atoms with Gasteiger partial charge >= 0.3 is 11.9 Å². The minimum atomic E-state index is -4.62. The van der Waals surface area contributed by atoms with Crippen LogP contribution < -0.4 is 11.0 Å². The standard InChI is InChI=1S/C15H12F3N5O/c1-8-7-20-6-5-10(8)23-13-9(12(19-2)22-14(23)24)3-4-11(21-13)15(16,17)18/h3-7H,1-2H3,(H,19,22,24). The fourth-order valence-electron chi connectivity index (χ4n) is 2.38. The number of hydrogen-bond donors (Lipinski definition) is 1. The Morgan fingerprint density at radius 2 is 1.92 bits per heavy atom. The van der Waals surface area contributed by atoms with E-state index in [2.05, 4.69) is 20.3 Å². The maximum absolute atomic E-state index is 13.0. The molecule has 0 saturated carbocycles. The fraction of sp³-hybridized carbons (Fsp3) is 0.200. The molecule has 9 heteroatoms. The highest BCUT2D eigenvalue weighted by atomic mass is 19.4. The van der Waals surface area contributed by atoms with Gasteiger partial charge in [-0.15, -0.1) is 0 Å². The van der Waals surface area contributed by atoms with E-state index in [-0.39, 0.29) is 11.5 Å². The third-order valence-electron chi connectivity index (χ3n) is 3.50. The van der Waals surface area contributed by atoms with Crippen LogP contribution in [0.15, 0.2) is 35.4 Å². The van der Waals surface area contributed by atoms with Crippen LogP contribution in [0.1, 0.15) is 11.3 Å². The molecule has 0 aliphatic heterocycles. The van der Waals surface area contributed by atoms with Crippen molar-refractivity contribution < 1.29 is 13.2 Å². The Morgan fingerprint density at radius 3 is 2.54 bits per heavy atom. The Bertz CT molecular complexity index is 981. The zero-order valence-electron chi connectivity index (χ0n) is 12.7. The number of fused-ring (bicyclic) bond motifs is 1. The molecule has 0 radical (unpaired) electrons. The second kappa shape index (κ2) is 5.59. The summed E-state index contributed by atoms with van der Waals surface area (Å²) < 4.78 is 40.1. The first-order valence-corrected chi connectivity index (χ1v) is 6.92. The van der Waals surface area contributed by atoms with Gasteiger partial charge in [-0.1, -0.05) is 0 Å². The number of aromatic nitrogens is 4. The lowest BCUT2D eigenvalue weighted by Gasteiger charge is -2.14. The number of halogens is 3. The highest BCUT2D eigenvalue weighted by molar-refractivity contribution is 5.87. The molecule has 0 bridgehead atoms. The normalized spacial score (nSPS) is 11.7. The first kappa shape index (κ1) is 15.9. The van der Waals surface area contributed by atoms with Crippen molar-refractivity contribution in [1.29, 1.82) is 0 Å². The Labute approximate surface area is 134 Å². The minimum Gasteiger partial charge on any atom is -0.372 e. The first-order valence-electron chi connectivity index (χ1n) is 6.92. The Morgan fingerprint density at radius 1 is 1.17 bits per heavy atom. The molecule has 0 aliphatic carbocycles. The van der Waals surface area contributed by atoms with Crippen molar-refractivity contribution in [2.45, 2.75) is 13.1 Å². The number of hydrogen-bond acceptors (Lipinski definition) is 5. The molecule has 6 nitrogen and oxygen atoms in total. The van der Waals surface area contributed by atoms with Crippen molar-refractivity contribution in [1.82, 2.24) is 19.5 Å². The lowest BCUT2D eigenvalue weighted by molar-refractivity contribution is -0.141. The van der Waals surface area contributed by atoms with E-state index in [1.54, 1.807) is 6.92 Å². The lowest BCUT2D eigenvalue weighted by atomic mass is 10.2. The van der Waals surface area contributed by atoms with Crippen molar-refractivity contribution in [3.63, 3.8) is 0 Å². The summed E-state index contributed by atoms with van der Waals surface area (Å²) in [6, 6.07) is 3.63. The van der Waals surface area contributed by atoms with Gasteiger partial charge in [0.25, 0.3) is 0 Å². The number of nitrogens with one attached hydrogen (secondary N) is 1. The average molecular weight is 335 g/mol. The number of rotatable bonds is 2. The van der Waals surface area contributed by atoms with Crippen LogP contribution >= 0.6 is 0 Å². The number of alkyl halides is 3. The van der Waals surface area contributed by atoms with Crippen LogP contribution in [0.5, 0.6) is 0 Å². The molecule has 3 aromatic rings. The summed E-state index contributed by atoms with van der Waals surface area (Å²) in [7, 11) is 1.53. The molecule has 0 unspecified atom stereocenters. The van der Waals surface area contributed by atoms with Crippen LogP contribution in [0.25, 0.3) is 16.7 Å². The molecular weight excluding hydrogens is 323 g/mol. The third kappa shape index (κ3) is 2.57. The largest absolute Gasteiger partial charge is 0.433 e. The highest BCUT2D eigenvalue weighted by Gasteiger charge is 2.33. The van der Waals surface area contributed by atoms with Gasteiger partial charge in [0.1, 0.15) is 11.5 Å². The second-order valence-corrected chi connectivity index (χ2v) is 5.06. The van der Waals surface area contributed by atoms with Crippen molar-refractivity contribution in [2.75, 3.05) is 12.4 Å². The van der Waals surface area contributed by atoms with Gasteiger partial charge in [0, 0.05) is 19.4 Å². The molecule has 0 amide bonds. The van der Waals surface area contributed by atoms with Crippen LogP contribution in [-0.4, -0.2) is 26.6 Å². The molecule has 0 spiro atoms. The highest BCUT2D eigenvalue weighted by Crippen LogP contribution is 2.30. The number of nitrogens with zero attached hydrogens (tertiary/aromatic N) is 4. The molecule has 0 aliphatic rings. The maximum Gasteiger partial charge on any atom is 0.433 e. The summed E-state index contributed by atoms with van der Waals surface area (Å²) in [6.07, 6.45) is -1.67. The van der Waals surface area contributed by atoms with Gasteiger partial charge in [-0.25, -0.2) is 14.3 Å². The first-order chi connectivity index (χ1) is 11.3. The number of pyridine rings is 2. The SMILES string of the molecule is CNc1nc(=O)n(-c2ccncc2C)c2nc(C(F)(F)F)ccc12. The van der Waals surface area contributed by atoms with Crippen LogP contribution in [0.4, 0.5) is 19.0 Å². The molecule has 0 fully saturated rings. The monoisotopic (exact) mass is 335 g/mol. The van der Waals surface area contributed by atoms with Gasteiger partial charge < -0.3 is 5.32 Å². The molecule has 1 N–H and O–H groups in total. The number of aryl methyl sites for hydroxylation is 1. The van der Waals surface area contributed by atoms with Crippen molar-refractivity contribution >= 4 is 16.9 Å². The zero-order valence-corrected chi connectivity index (χ0v) is 12.7. The van der Waals surface area contributed by atoms with E-state index in [9.17, 15) is 18.0 Å². The molecule has 3 aromatic heterocycles. The van der Waals surface area contributed by atoms with Crippen molar-refractivity contribution in [2.24, 2.45) is 0 Å². The lowest BCUT2D eigenvalue weighted by Crippen LogP contribution is -2.25. The van der Waals surface area contributed by atoms with E-state index in [4.69, 9.17) is 0 Å². The maximum atomic E-state index is 13.0.